The van der Waals surface area contributed by atoms with E-state index in [0.29, 0.717) is 10.7 Å². The summed E-state index contributed by atoms with van der Waals surface area (Å²) in [6, 6.07) is 19.8. The first-order valence-corrected chi connectivity index (χ1v) is 15.1. The number of benzene rings is 3. The van der Waals surface area contributed by atoms with Crippen LogP contribution in [0.15, 0.2) is 84.0 Å². The molecule has 0 bridgehead atoms. The summed E-state index contributed by atoms with van der Waals surface area (Å²) in [6.07, 6.45) is 1.54. The van der Waals surface area contributed by atoms with Crippen molar-refractivity contribution in [2.45, 2.75) is 55.0 Å². The molecule has 3 amide bonds. The molecule has 45 heavy (non-hydrogen) atoms. The van der Waals surface area contributed by atoms with Crippen LogP contribution in [0.4, 0.5) is 5.69 Å². The average Bonchev–Trinajstić information content (AvgIpc) is 3.65. The summed E-state index contributed by atoms with van der Waals surface area (Å²) in [5.74, 6) is -3.42. The zero-order chi connectivity index (χ0) is 32.2. The van der Waals surface area contributed by atoms with Gasteiger partial charge in [0.2, 0.25) is 5.91 Å². The molecule has 2 unspecified atom stereocenters. The molecular weight excluding hydrogens is 618 g/mol. The molecule has 12 nitrogen and oxygen atoms in total. The van der Waals surface area contributed by atoms with E-state index in [1.807, 2.05) is 30.3 Å². The molecule has 1 aliphatic rings. The van der Waals surface area contributed by atoms with Crippen LogP contribution >= 0.6 is 23.4 Å². The van der Waals surface area contributed by atoms with Gasteiger partial charge in [0, 0.05) is 22.8 Å². The molecule has 0 aliphatic carbocycles. The first-order valence-electron chi connectivity index (χ1n) is 13.9. The number of carbonyl (C=O) groups excluding carboxylic acids is 4. The van der Waals surface area contributed by atoms with Crippen molar-refractivity contribution in [3.8, 4) is 5.69 Å². The quantitative estimate of drug-likeness (QED) is 0.192. The van der Waals surface area contributed by atoms with Gasteiger partial charge in [-0.05, 0) is 66.6 Å². The fourth-order valence-electron chi connectivity index (χ4n) is 4.66. The lowest BCUT2D eigenvalue weighted by atomic mass is 10.0. The van der Waals surface area contributed by atoms with E-state index in [2.05, 4.69) is 31.5 Å². The van der Waals surface area contributed by atoms with Gasteiger partial charge >= 0.3 is 17.8 Å². The molecule has 0 saturated heterocycles. The van der Waals surface area contributed by atoms with E-state index in [1.165, 1.54) is 28.8 Å². The predicted molar refractivity (Wildman–Crippen MR) is 168 cm³/mol. The van der Waals surface area contributed by atoms with Crippen LogP contribution in [-0.2, 0) is 36.8 Å². The van der Waals surface area contributed by atoms with Crippen molar-refractivity contribution in [3.05, 3.63) is 95.3 Å². The molecule has 1 aromatic heterocycles. The van der Waals surface area contributed by atoms with Crippen molar-refractivity contribution >= 4 is 52.7 Å². The predicted octanol–water partition coefficient (Wildman–Crippen LogP) is 3.48. The van der Waals surface area contributed by atoms with Crippen LogP contribution in [0.2, 0.25) is 5.02 Å². The number of nitrogens with one attached hydrogen (secondary N) is 3. The van der Waals surface area contributed by atoms with Crippen LogP contribution in [-0.4, -0.2) is 60.4 Å². The number of esters is 1. The van der Waals surface area contributed by atoms with E-state index >= 15 is 0 Å². The maximum Gasteiger partial charge on any atom is 0.343 e. The average molecular weight is 648 g/mol. The molecule has 2 heterocycles. The Hall–Kier alpha value is -4.75. The van der Waals surface area contributed by atoms with Crippen molar-refractivity contribution in [2.75, 3.05) is 5.32 Å². The number of fused-ring (bicyclic) bond motifs is 1. The van der Waals surface area contributed by atoms with Crippen LogP contribution in [0.25, 0.3) is 5.69 Å². The van der Waals surface area contributed by atoms with E-state index in [-0.39, 0.29) is 18.5 Å². The molecule has 232 valence electrons. The lowest BCUT2D eigenvalue weighted by molar-refractivity contribution is -0.160. The first kappa shape index (κ1) is 31.7. The molecule has 0 fully saturated rings. The highest BCUT2D eigenvalue weighted by Gasteiger charge is 2.49. The minimum Gasteiger partial charge on any atom is -0.458 e. The Bertz CT molecular complexity index is 1700. The SMILES string of the molecule is CC(C)(C)OC(=O)C1(NC(=O)C(Cc2ccccc2)NC(=O)C(=O)Nc2cc(Cl)ccc2-n2cnnn2)Cc2ccccc2S1. The maximum atomic E-state index is 14.0. The Morgan fingerprint density at radius 2 is 1.76 bits per heavy atom. The van der Waals surface area contributed by atoms with Crippen molar-refractivity contribution in [1.29, 1.82) is 0 Å². The van der Waals surface area contributed by atoms with Gasteiger partial charge in [0.05, 0.1) is 11.4 Å². The second-order valence-corrected chi connectivity index (χ2v) is 13.1. The molecule has 2 atom stereocenters. The van der Waals surface area contributed by atoms with Crippen molar-refractivity contribution in [3.63, 3.8) is 0 Å². The number of halogens is 1. The van der Waals surface area contributed by atoms with Crippen molar-refractivity contribution in [1.82, 2.24) is 30.8 Å². The summed E-state index contributed by atoms with van der Waals surface area (Å²) in [6.45, 7) is 5.23. The standard InChI is InChI=1S/C31H30ClN7O5S/c1-30(2,3)44-29(43)31(17-20-11-7-8-12-25(20)45-31)36-26(40)23(15-19-9-5-4-6-10-19)35-28(42)27(41)34-22-16-21(32)13-14-24(22)39-18-33-37-38-39/h4-14,16,18,23H,15,17H2,1-3H3,(H,34,41)(H,35,42)(H,36,40). The topological polar surface area (TPSA) is 157 Å². The Morgan fingerprint density at radius 3 is 2.44 bits per heavy atom. The Kier molecular flexibility index (Phi) is 9.21. The highest BCUT2D eigenvalue weighted by molar-refractivity contribution is 8.01. The number of anilines is 1. The zero-order valence-corrected chi connectivity index (χ0v) is 26.2. The van der Waals surface area contributed by atoms with Gasteiger partial charge in [-0.1, -0.05) is 71.9 Å². The monoisotopic (exact) mass is 647 g/mol. The second kappa shape index (κ2) is 13.1. The number of aromatic nitrogens is 4. The molecular formula is C31H30ClN7O5S. The number of amides is 3. The highest BCUT2D eigenvalue weighted by atomic mass is 35.5. The third kappa shape index (κ3) is 7.67. The maximum absolute atomic E-state index is 14.0. The number of tetrazole rings is 1. The highest BCUT2D eigenvalue weighted by Crippen LogP contribution is 2.45. The van der Waals surface area contributed by atoms with Crippen molar-refractivity contribution < 1.29 is 23.9 Å². The van der Waals surface area contributed by atoms with Gasteiger partial charge in [0.15, 0.2) is 4.87 Å². The Labute approximate surface area is 268 Å². The van der Waals surface area contributed by atoms with Gasteiger partial charge in [-0.3, -0.25) is 14.4 Å². The molecule has 0 saturated carbocycles. The number of nitrogens with zero attached hydrogens (tertiary/aromatic N) is 4. The van der Waals surface area contributed by atoms with Gasteiger partial charge in [-0.15, -0.1) is 5.10 Å². The molecule has 5 rings (SSSR count). The zero-order valence-electron chi connectivity index (χ0n) is 24.6. The normalized spacial score (nSPS) is 16.3. The molecule has 3 N–H and O–H groups in total. The van der Waals surface area contributed by atoms with Gasteiger partial charge in [-0.2, -0.15) is 4.68 Å². The summed E-state index contributed by atoms with van der Waals surface area (Å²) >= 11 is 7.33. The number of rotatable bonds is 8. The summed E-state index contributed by atoms with van der Waals surface area (Å²) in [4.78, 5) is 53.4. The van der Waals surface area contributed by atoms with Gasteiger partial charge < -0.3 is 20.7 Å². The summed E-state index contributed by atoms with van der Waals surface area (Å²) in [5, 5.41) is 19.3. The fourth-order valence-corrected chi connectivity index (χ4v) is 6.13. The van der Waals surface area contributed by atoms with Crippen LogP contribution in [0.1, 0.15) is 31.9 Å². The molecule has 0 spiro atoms. The van der Waals surface area contributed by atoms with Gasteiger partial charge in [0.25, 0.3) is 0 Å². The largest absolute Gasteiger partial charge is 0.458 e. The van der Waals surface area contributed by atoms with Crippen molar-refractivity contribution in [2.24, 2.45) is 0 Å². The lowest BCUT2D eigenvalue weighted by Gasteiger charge is -2.32. The van der Waals surface area contributed by atoms with Crippen LogP contribution in [0, 0.1) is 0 Å². The van der Waals surface area contributed by atoms with E-state index in [1.54, 1.807) is 57.2 Å². The third-order valence-corrected chi connectivity index (χ3v) is 8.28. The van der Waals surface area contributed by atoms with E-state index < -0.39 is 40.2 Å². The Morgan fingerprint density at radius 1 is 1.02 bits per heavy atom. The number of hydrogen-bond donors (Lipinski definition) is 3. The molecule has 0 radical (unpaired) electrons. The van der Waals surface area contributed by atoms with Crippen LogP contribution < -0.4 is 16.0 Å². The van der Waals surface area contributed by atoms with E-state index in [4.69, 9.17) is 16.3 Å². The van der Waals surface area contributed by atoms with Gasteiger partial charge in [0.1, 0.15) is 18.0 Å². The fraction of sp³-hybridized carbons (Fsp3) is 0.258. The lowest BCUT2D eigenvalue weighted by Crippen LogP contribution is -2.60. The minimum absolute atomic E-state index is 0.0424. The summed E-state index contributed by atoms with van der Waals surface area (Å²) in [7, 11) is 0. The molecule has 1 aliphatic heterocycles. The second-order valence-electron chi connectivity index (χ2n) is 11.3. The first-order chi connectivity index (χ1) is 21.4. The Balaban J connectivity index is 1.39. The number of carbonyl (C=O) groups is 4. The van der Waals surface area contributed by atoms with Crippen LogP contribution in [0.3, 0.4) is 0 Å². The summed E-state index contributed by atoms with van der Waals surface area (Å²) in [5.41, 5.74) is 1.31. The smallest absolute Gasteiger partial charge is 0.343 e. The third-order valence-electron chi connectivity index (χ3n) is 6.66. The van der Waals surface area contributed by atoms with E-state index in [0.717, 1.165) is 16.0 Å². The van der Waals surface area contributed by atoms with Crippen LogP contribution in [0.5, 0.6) is 0 Å². The molecule has 3 aromatic carbocycles. The molecule has 4 aromatic rings. The molecule has 14 heteroatoms. The number of thioether (sulfide) groups is 1. The summed E-state index contributed by atoms with van der Waals surface area (Å²) < 4.78 is 7.03. The van der Waals surface area contributed by atoms with E-state index in [9.17, 15) is 19.2 Å². The van der Waals surface area contributed by atoms with Gasteiger partial charge in [-0.25, -0.2) is 4.79 Å². The number of hydrogen-bond acceptors (Lipinski definition) is 9. The number of ether oxygens (including phenoxy) is 1. The minimum atomic E-state index is -1.49.